The van der Waals surface area contributed by atoms with Gasteiger partial charge in [0.05, 0.1) is 5.56 Å². The molecule has 1 atom stereocenters. The van der Waals surface area contributed by atoms with E-state index in [2.05, 4.69) is 11.9 Å². The van der Waals surface area contributed by atoms with Crippen molar-refractivity contribution in [2.45, 2.75) is 39.2 Å². The molecule has 1 aromatic rings. The van der Waals surface area contributed by atoms with E-state index in [9.17, 15) is 0 Å². The molecule has 0 bridgehead atoms. The van der Waals surface area contributed by atoms with Crippen LogP contribution in [0.15, 0.2) is 6.07 Å². The Hall–Kier alpha value is -1.78. The van der Waals surface area contributed by atoms with Crippen LogP contribution in [0.25, 0.3) is 0 Å². The van der Waals surface area contributed by atoms with Crippen molar-refractivity contribution < 1.29 is 4.74 Å². The van der Waals surface area contributed by atoms with Crippen LogP contribution in [0.1, 0.15) is 44.2 Å². The highest BCUT2D eigenvalue weighted by Crippen LogP contribution is 2.24. The van der Waals surface area contributed by atoms with Crippen molar-refractivity contribution in [3.05, 3.63) is 22.3 Å². The third-order valence-corrected chi connectivity index (χ3v) is 2.81. The zero-order chi connectivity index (χ0) is 13.5. The molecule has 0 N–H and O–H groups in total. The lowest BCUT2D eigenvalue weighted by Gasteiger charge is -2.16. The maximum Gasteiger partial charge on any atom is 0.233 e. The molecule has 5 heteroatoms. The number of hydrogen-bond donors (Lipinski definition) is 0. The number of pyridine rings is 1. The Kier molecular flexibility index (Phi) is 5.42. The highest BCUT2D eigenvalue weighted by atomic mass is 35.5. The first-order chi connectivity index (χ1) is 8.65. The van der Waals surface area contributed by atoms with Gasteiger partial charge in [-0.1, -0.05) is 31.9 Å². The van der Waals surface area contributed by atoms with E-state index in [1.54, 1.807) is 0 Å². The number of nitriles is 2. The van der Waals surface area contributed by atoms with Gasteiger partial charge in [0, 0.05) is 0 Å². The Morgan fingerprint density at radius 1 is 1.33 bits per heavy atom. The van der Waals surface area contributed by atoms with E-state index >= 15 is 0 Å². The van der Waals surface area contributed by atoms with Crippen LogP contribution in [0.3, 0.4) is 0 Å². The third kappa shape index (κ3) is 3.35. The lowest BCUT2D eigenvalue weighted by atomic mass is 10.1. The molecule has 0 amide bonds. The second-order valence-corrected chi connectivity index (χ2v) is 4.20. The first-order valence-electron chi connectivity index (χ1n) is 5.83. The molecular formula is C13H14ClN3O. The van der Waals surface area contributed by atoms with E-state index in [1.165, 1.54) is 6.07 Å². The Morgan fingerprint density at radius 2 is 2.00 bits per heavy atom. The summed E-state index contributed by atoms with van der Waals surface area (Å²) in [5, 5.41) is 17.9. The molecule has 0 radical (unpaired) electrons. The second-order valence-electron chi connectivity index (χ2n) is 3.84. The smallest absolute Gasteiger partial charge is 0.233 e. The van der Waals surface area contributed by atoms with E-state index in [-0.39, 0.29) is 28.3 Å². The summed E-state index contributed by atoms with van der Waals surface area (Å²) in [6.45, 7) is 4.08. The van der Waals surface area contributed by atoms with E-state index in [0.29, 0.717) is 0 Å². The number of aromatic nitrogens is 1. The summed E-state index contributed by atoms with van der Waals surface area (Å²) >= 11 is 5.84. The highest BCUT2D eigenvalue weighted by molar-refractivity contribution is 6.30. The third-order valence-electron chi connectivity index (χ3n) is 2.53. The molecule has 94 valence electrons. The zero-order valence-corrected chi connectivity index (χ0v) is 11.2. The Bertz CT molecular complexity index is 502. The highest BCUT2D eigenvalue weighted by Gasteiger charge is 2.15. The van der Waals surface area contributed by atoms with Crippen molar-refractivity contribution in [3.63, 3.8) is 0 Å². The number of ether oxygens (including phenoxy) is 1. The second kappa shape index (κ2) is 6.83. The molecule has 4 nitrogen and oxygen atoms in total. The SMILES string of the molecule is CCCC(CC)Oc1nc(Cl)c(C#N)cc1C#N. The van der Waals surface area contributed by atoms with E-state index < -0.39 is 0 Å². The average Bonchev–Trinajstić information content (AvgIpc) is 2.38. The minimum absolute atomic E-state index is 0.0126. The van der Waals surface area contributed by atoms with Crippen molar-refractivity contribution in [2.24, 2.45) is 0 Å². The maximum atomic E-state index is 9.02. The fraction of sp³-hybridized carbons (Fsp3) is 0.462. The Morgan fingerprint density at radius 3 is 2.50 bits per heavy atom. The molecule has 0 aliphatic heterocycles. The minimum Gasteiger partial charge on any atom is -0.473 e. The molecule has 0 spiro atoms. The summed E-state index contributed by atoms with van der Waals surface area (Å²) in [5.41, 5.74) is 0.426. The Balaban J connectivity index is 3.06. The predicted octanol–water partition coefficient (Wildman–Crippen LogP) is 3.44. The Labute approximate surface area is 112 Å². The quantitative estimate of drug-likeness (QED) is 0.763. The molecule has 1 unspecified atom stereocenters. The van der Waals surface area contributed by atoms with Crippen LogP contribution >= 0.6 is 11.6 Å². The normalized spacial score (nSPS) is 11.4. The number of hydrogen-bond acceptors (Lipinski definition) is 4. The van der Waals surface area contributed by atoms with Gasteiger partial charge in [0.2, 0.25) is 5.88 Å². The molecule has 0 aliphatic carbocycles. The van der Waals surface area contributed by atoms with Gasteiger partial charge in [-0.05, 0) is 18.9 Å². The monoisotopic (exact) mass is 263 g/mol. The van der Waals surface area contributed by atoms with Gasteiger partial charge in [-0.15, -0.1) is 0 Å². The van der Waals surface area contributed by atoms with Gasteiger partial charge < -0.3 is 4.74 Å². The van der Waals surface area contributed by atoms with Gasteiger partial charge >= 0.3 is 0 Å². The summed E-state index contributed by atoms with van der Waals surface area (Å²) < 4.78 is 5.68. The average molecular weight is 264 g/mol. The summed E-state index contributed by atoms with van der Waals surface area (Å²) in [7, 11) is 0. The molecule has 1 rings (SSSR count). The van der Waals surface area contributed by atoms with Crippen molar-refractivity contribution in [2.75, 3.05) is 0 Å². The van der Waals surface area contributed by atoms with Crippen LogP contribution < -0.4 is 4.74 Å². The molecule has 0 fully saturated rings. The predicted molar refractivity (Wildman–Crippen MR) is 68.3 cm³/mol. The van der Waals surface area contributed by atoms with Gasteiger partial charge in [0.15, 0.2) is 5.15 Å². The maximum absolute atomic E-state index is 9.02. The molecule has 0 aromatic carbocycles. The lowest BCUT2D eigenvalue weighted by molar-refractivity contribution is 0.177. The van der Waals surface area contributed by atoms with Gasteiger partial charge in [0.25, 0.3) is 0 Å². The van der Waals surface area contributed by atoms with E-state index in [1.807, 2.05) is 19.1 Å². The van der Waals surface area contributed by atoms with E-state index in [4.69, 9.17) is 26.9 Å². The number of rotatable bonds is 5. The molecular weight excluding hydrogens is 250 g/mol. The van der Waals surface area contributed by atoms with Crippen LogP contribution in [-0.4, -0.2) is 11.1 Å². The van der Waals surface area contributed by atoms with Crippen LogP contribution in [0, 0.1) is 22.7 Å². The summed E-state index contributed by atoms with van der Waals surface area (Å²) in [4.78, 5) is 3.98. The van der Waals surface area contributed by atoms with Crippen LogP contribution in [0.4, 0.5) is 0 Å². The number of nitrogens with zero attached hydrogens (tertiary/aromatic N) is 3. The number of halogens is 1. The molecule has 1 aromatic heterocycles. The molecule has 0 saturated heterocycles. The van der Waals surface area contributed by atoms with Gasteiger partial charge in [-0.3, -0.25) is 0 Å². The lowest BCUT2D eigenvalue weighted by Crippen LogP contribution is -2.16. The largest absolute Gasteiger partial charge is 0.473 e. The van der Waals surface area contributed by atoms with Crippen LogP contribution in [0.2, 0.25) is 5.15 Å². The van der Waals surface area contributed by atoms with Crippen molar-refractivity contribution in [1.29, 1.82) is 10.5 Å². The molecule has 0 aliphatic rings. The zero-order valence-electron chi connectivity index (χ0n) is 10.4. The van der Waals surface area contributed by atoms with Crippen molar-refractivity contribution in [3.8, 4) is 18.0 Å². The van der Waals surface area contributed by atoms with E-state index in [0.717, 1.165) is 19.3 Å². The summed E-state index contributed by atoms with van der Waals surface area (Å²) in [5.74, 6) is 0.210. The van der Waals surface area contributed by atoms with Crippen molar-refractivity contribution in [1.82, 2.24) is 4.98 Å². The standard InChI is InChI=1S/C13H14ClN3O/c1-3-5-11(4-2)18-13-10(8-16)6-9(7-15)12(14)17-13/h6,11H,3-5H2,1-2H3. The van der Waals surface area contributed by atoms with Gasteiger partial charge in [0.1, 0.15) is 23.8 Å². The van der Waals surface area contributed by atoms with Gasteiger partial charge in [-0.25, -0.2) is 0 Å². The van der Waals surface area contributed by atoms with Gasteiger partial charge in [-0.2, -0.15) is 15.5 Å². The molecule has 0 saturated carbocycles. The topological polar surface area (TPSA) is 69.7 Å². The summed E-state index contributed by atoms with van der Waals surface area (Å²) in [6.07, 6.45) is 2.72. The summed E-state index contributed by atoms with van der Waals surface area (Å²) in [6, 6.07) is 5.27. The van der Waals surface area contributed by atoms with Crippen LogP contribution in [-0.2, 0) is 0 Å². The first-order valence-corrected chi connectivity index (χ1v) is 6.21. The first kappa shape index (κ1) is 14.3. The molecule has 18 heavy (non-hydrogen) atoms. The fourth-order valence-electron chi connectivity index (χ4n) is 1.55. The molecule has 1 heterocycles. The van der Waals surface area contributed by atoms with Crippen LogP contribution in [0.5, 0.6) is 5.88 Å². The fourth-order valence-corrected chi connectivity index (χ4v) is 1.72. The minimum atomic E-state index is 0.0126. The van der Waals surface area contributed by atoms with Crippen molar-refractivity contribution >= 4 is 11.6 Å².